The highest BCUT2D eigenvalue weighted by Gasteiger charge is 2.05. The highest BCUT2D eigenvalue weighted by Crippen LogP contribution is 2.21. The van der Waals surface area contributed by atoms with Crippen LogP contribution in [0.15, 0.2) is 24.3 Å². The molecule has 0 saturated heterocycles. The summed E-state index contributed by atoms with van der Waals surface area (Å²) in [4.78, 5) is 0. The van der Waals surface area contributed by atoms with Crippen LogP contribution in [0.4, 0.5) is 0 Å². The zero-order valence-corrected chi connectivity index (χ0v) is 9.70. The van der Waals surface area contributed by atoms with Crippen LogP contribution in [0.5, 0.6) is 5.75 Å². The second-order valence-electron chi connectivity index (χ2n) is 3.84. The van der Waals surface area contributed by atoms with Gasteiger partial charge in [0.2, 0.25) is 0 Å². The Hall–Kier alpha value is -1.02. The Labute approximate surface area is 92.4 Å². The van der Waals surface area contributed by atoms with Gasteiger partial charge in [-0.25, -0.2) is 0 Å². The molecular weight excluding hydrogens is 186 g/mol. The summed E-state index contributed by atoms with van der Waals surface area (Å²) >= 11 is 0. The average molecular weight is 207 g/mol. The maximum absolute atomic E-state index is 5.85. The van der Waals surface area contributed by atoms with Crippen LogP contribution >= 0.6 is 0 Å². The highest BCUT2D eigenvalue weighted by molar-refractivity contribution is 5.33. The Morgan fingerprint density at radius 3 is 2.73 bits per heavy atom. The van der Waals surface area contributed by atoms with Crippen LogP contribution in [0.3, 0.4) is 0 Å². The molecule has 0 fully saturated rings. The van der Waals surface area contributed by atoms with E-state index >= 15 is 0 Å². The van der Waals surface area contributed by atoms with E-state index in [0.29, 0.717) is 0 Å². The molecule has 15 heavy (non-hydrogen) atoms. The maximum Gasteiger partial charge on any atom is 0.122 e. The number of ether oxygens (including phenoxy) is 1. The Bertz CT molecular complexity index is 286. The third-order valence-electron chi connectivity index (χ3n) is 2.53. The fourth-order valence-corrected chi connectivity index (χ4v) is 1.42. The summed E-state index contributed by atoms with van der Waals surface area (Å²) < 4.78 is 5.85. The molecule has 1 rings (SSSR count). The SMILES string of the molecule is CC[C@@H](C)Oc1ccccc1CCCN. The molecule has 0 saturated carbocycles. The van der Waals surface area contributed by atoms with Gasteiger partial charge in [-0.05, 0) is 44.4 Å². The van der Waals surface area contributed by atoms with E-state index in [4.69, 9.17) is 10.5 Å². The van der Waals surface area contributed by atoms with Crippen molar-refractivity contribution in [2.45, 2.75) is 39.2 Å². The maximum atomic E-state index is 5.85. The van der Waals surface area contributed by atoms with Crippen LogP contribution < -0.4 is 10.5 Å². The zero-order chi connectivity index (χ0) is 11.1. The molecule has 1 atom stereocenters. The van der Waals surface area contributed by atoms with E-state index in [2.05, 4.69) is 26.0 Å². The Kier molecular flexibility index (Phi) is 5.19. The van der Waals surface area contributed by atoms with Gasteiger partial charge in [0.25, 0.3) is 0 Å². The van der Waals surface area contributed by atoms with Gasteiger partial charge in [0.15, 0.2) is 0 Å². The molecule has 0 aliphatic rings. The van der Waals surface area contributed by atoms with Gasteiger partial charge in [-0.1, -0.05) is 25.1 Å². The van der Waals surface area contributed by atoms with Crippen molar-refractivity contribution >= 4 is 0 Å². The second kappa shape index (κ2) is 6.46. The van der Waals surface area contributed by atoms with Crippen LogP contribution in [0.2, 0.25) is 0 Å². The average Bonchev–Trinajstić information content (AvgIpc) is 2.28. The third-order valence-corrected chi connectivity index (χ3v) is 2.53. The quantitative estimate of drug-likeness (QED) is 0.778. The number of hydrogen-bond acceptors (Lipinski definition) is 2. The molecule has 84 valence electrons. The Morgan fingerprint density at radius 1 is 1.33 bits per heavy atom. The van der Waals surface area contributed by atoms with Crippen molar-refractivity contribution in [1.29, 1.82) is 0 Å². The topological polar surface area (TPSA) is 35.2 Å². The van der Waals surface area contributed by atoms with Gasteiger partial charge < -0.3 is 10.5 Å². The summed E-state index contributed by atoms with van der Waals surface area (Å²) in [5.74, 6) is 1.01. The van der Waals surface area contributed by atoms with E-state index < -0.39 is 0 Å². The number of aryl methyl sites for hydroxylation is 1. The lowest BCUT2D eigenvalue weighted by atomic mass is 10.1. The van der Waals surface area contributed by atoms with Crippen molar-refractivity contribution in [1.82, 2.24) is 0 Å². The zero-order valence-electron chi connectivity index (χ0n) is 9.70. The molecule has 0 aliphatic heterocycles. The molecule has 0 bridgehead atoms. The molecule has 2 nitrogen and oxygen atoms in total. The number of hydrogen-bond donors (Lipinski definition) is 1. The third kappa shape index (κ3) is 3.92. The van der Waals surface area contributed by atoms with E-state index in [9.17, 15) is 0 Å². The fraction of sp³-hybridized carbons (Fsp3) is 0.538. The summed E-state index contributed by atoms with van der Waals surface area (Å²) in [6.07, 6.45) is 3.33. The van der Waals surface area contributed by atoms with Crippen molar-refractivity contribution in [2.24, 2.45) is 5.73 Å². The van der Waals surface area contributed by atoms with Gasteiger partial charge in [-0.15, -0.1) is 0 Å². The molecule has 0 aliphatic carbocycles. The number of para-hydroxylation sites is 1. The lowest BCUT2D eigenvalue weighted by Gasteiger charge is -2.15. The molecular formula is C13H21NO. The van der Waals surface area contributed by atoms with Gasteiger partial charge in [-0.2, -0.15) is 0 Å². The number of nitrogens with two attached hydrogens (primary N) is 1. The predicted molar refractivity (Wildman–Crippen MR) is 64.2 cm³/mol. The normalized spacial score (nSPS) is 12.5. The molecule has 0 spiro atoms. The fourth-order valence-electron chi connectivity index (χ4n) is 1.42. The molecule has 1 aromatic rings. The van der Waals surface area contributed by atoms with Crippen molar-refractivity contribution in [2.75, 3.05) is 6.54 Å². The minimum atomic E-state index is 0.282. The molecule has 0 heterocycles. The Balaban J connectivity index is 2.67. The molecule has 0 radical (unpaired) electrons. The van der Waals surface area contributed by atoms with Crippen LogP contribution in [0, 0.1) is 0 Å². The Morgan fingerprint density at radius 2 is 2.07 bits per heavy atom. The molecule has 2 N–H and O–H groups in total. The van der Waals surface area contributed by atoms with Crippen molar-refractivity contribution < 1.29 is 4.74 Å². The van der Waals surface area contributed by atoms with Gasteiger partial charge in [0.1, 0.15) is 5.75 Å². The van der Waals surface area contributed by atoms with Crippen molar-refractivity contribution in [3.63, 3.8) is 0 Å². The first-order chi connectivity index (χ1) is 7.27. The van der Waals surface area contributed by atoms with Gasteiger partial charge in [0, 0.05) is 0 Å². The van der Waals surface area contributed by atoms with Crippen LogP contribution in [-0.4, -0.2) is 12.6 Å². The molecule has 0 amide bonds. The standard InChI is InChI=1S/C13H21NO/c1-3-11(2)15-13-9-5-4-7-12(13)8-6-10-14/h4-5,7,9,11H,3,6,8,10,14H2,1-2H3/t11-/m1/s1. The first-order valence-corrected chi connectivity index (χ1v) is 5.72. The minimum absolute atomic E-state index is 0.282. The monoisotopic (exact) mass is 207 g/mol. The summed E-state index contributed by atoms with van der Waals surface area (Å²) in [6.45, 7) is 4.96. The first kappa shape index (κ1) is 12.1. The van der Waals surface area contributed by atoms with E-state index in [1.807, 2.05) is 12.1 Å². The van der Waals surface area contributed by atoms with Crippen LogP contribution in [0.25, 0.3) is 0 Å². The highest BCUT2D eigenvalue weighted by atomic mass is 16.5. The molecule has 0 aromatic heterocycles. The summed E-state index contributed by atoms with van der Waals surface area (Å²) in [7, 11) is 0. The molecule has 1 aromatic carbocycles. The molecule has 0 unspecified atom stereocenters. The van der Waals surface area contributed by atoms with E-state index in [1.165, 1.54) is 5.56 Å². The predicted octanol–water partition coefficient (Wildman–Crippen LogP) is 2.76. The van der Waals surface area contributed by atoms with E-state index in [1.54, 1.807) is 0 Å². The van der Waals surface area contributed by atoms with Crippen LogP contribution in [-0.2, 0) is 6.42 Å². The van der Waals surface area contributed by atoms with Crippen molar-refractivity contribution in [3.05, 3.63) is 29.8 Å². The van der Waals surface area contributed by atoms with E-state index in [0.717, 1.165) is 31.6 Å². The van der Waals surface area contributed by atoms with Crippen molar-refractivity contribution in [3.8, 4) is 5.75 Å². The minimum Gasteiger partial charge on any atom is -0.490 e. The summed E-state index contributed by atoms with van der Waals surface area (Å²) in [6, 6.07) is 8.23. The van der Waals surface area contributed by atoms with Gasteiger partial charge in [-0.3, -0.25) is 0 Å². The lowest BCUT2D eigenvalue weighted by Crippen LogP contribution is -2.11. The summed E-state index contributed by atoms with van der Waals surface area (Å²) in [5.41, 5.74) is 6.78. The lowest BCUT2D eigenvalue weighted by molar-refractivity contribution is 0.215. The van der Waals surface area contributed by atoms with Crippen LogP contribution in [0.1, 0.15) is 32.3 Å². The smallest absolute Gasteiger partial charge is 0.122 e. The first-order valence-electron chi connectivity index (χ1n) is 5.72. The van der Waals surface area contributed by atoms with Gasteiger partial charge in [0.05, 0.1) is 6.10 Å². The number of benzene rings is 1. The van der Waals surface area contributed by atoms with E-state index in [-0.39, 0.29) is 6.10 Å². The largest absolute Gasteiger partial charge is 0.490 e. The second-order valence-corrected chi connectivity index (χ2v) is 3.84. The number of rotatable bonds is 6. The molecule has 2 heteroatoms. The summed E-state index contributed by atoms with van der Waals surface area (Å²) in [5, 5.41) is 0. The van der Waals surface area contributed by atoms with Gasteiger partial charge >= 0.3 is 0 Å².